The molecule has 0 spiro atoms. The van der Waals surface area contributed by atoms with E-state index in [1.165, 1.54) is 12.1 Å². The summed E-state index contributed by atoms with van der Waals surface area (Å²) in [5, 5.41) is 14.2. The fourth-order valence-corrected chi connectivity index (χ4v) is 2.89. The SMILES string of the molecule is Cc1cccc(OCC(C)Nc2ccc(S(C)(=O)=O)cc2[N+](=O)[O-])c1. The average Bonchev–Trinajstić information content (AvgIpc) is 2.52. The third kappa shape index (κ3) is 5.18. The second kappa shape index (κ2) is 7.52. The van der Waals surface area contributed by atoms with Gasteiger partial charge in [0, 0.05) is 12.3 Å². The Morgan fingerprint density at radius 3 is 2.56 bits per heavy atom. The van der Waals surface area contributed by atoms with Crippen molar-refractivity contribution in [2.75, 3.05) is 18.2 Å². The van der Waals surface area contributed by atoms with Gasteiger partial charge < -0.3 is 10.1 Å². The maximum Gasteiger partial charge on any atom is 0.293 e. The number of ether oxygens (including phenoxy) is 1. The van der Waals surface area contributed by atoms with Crippen molar-refractivity contribution in [2.45, 2.75) is 24.8 Å². The first-order valence-corrected chi connectivity index (χ1v) is 9.50. The predicted octanol–water partition coefficient (Wildman–Crippen LogP) is 3.19. The molecule has 0 amide bonds. The quantitative estimate of drug-likeness (QED) is 0.598. The Hall–Kier alpha value is -2.61. The number of rotatable bonds is 7. The Morgan fingerprint density at radius 1 is 1.24 bits per heavy atom. The van der Waals surface area contributed by atoms with Crippen LogP contribution in [0.1, 0.15) is 12.5 Å². The fourth-order valence-electron chi connectivity index (χ4n) is 2.25. The Bertz CT molecular complexity index is 880. The van der Waals surface area contributed by atoms with E-state index >= 15 is 0 Å². The molecule has 0 aliphatic heterocycles. The van der Waals surface area contributed by atoms with E-state index in [9.17, 15) is 18.5 Å². The lowest BCUT2D eigenvalue weighted by Crippen LogP contribution is -2.24. The van der Waals surface area contributed by atoms with Gasteiger partial charge in [-0.05, 0) is 43.7 Å². The lowest BCUT2D eigenvalue weighted by atomic mass is 10.2. The minimum Gasteiger partial charge on any atom is -0.491 e. The maximum atomic E-state index is 11.6. The zero-order valence-electron chi connectivity index (χ0n) is 14.2. The summed E-state index contributed by atoms with van der Waals surface area (Å²) in [5.41, 5.74) is 1.04. The number of nitrogens with one attached hydrogen (secondary N) is 1. The van der Waals surface area contributed by atoms with Gasteiger partial charge in [0.1, 0.15) is 18.0 Å². The summed E-state index contributed by atoms with van der Waals surface area (Å²) in [5.74, 6) is 0.718. The van der Waals surface area contributed by atoms with Crippen LogP contribution in [-0.2, 0) is 9.84 Å². The zero-order valence-corrected chi connectivity index (χ0v) is 15.0. The molecule has 1 N–H and O–H groups in total. The van der Waals surface area contributed by atoms with Crippen LogP contribution in [-0.4, -0.2) is 32.2 Å². The van der Waals surface area contributed by atoms with Gasteiger partial charge in [-0.25, -0.2) is 8.42 Å². The van der Waals surface area contributed by atoms with E-state index in [2.05, 4.69) is 5.32 Å². The molecule has 0 heterocycles. The van der Waals surface area contributed by atoms with Crippen LogP contribution >= 0.6 is 0 Å². The standard InChI is InChI=1S/C17H20N2O5S/c1-12-5-4-6-14(9-12)24-11-13(2)18-16-8-7-15(25(3,22)23)10-17(16)19(20)21/h4-10,13,18H,11H2,1-3H3. The molecule has 0 saturated carbocycles. The van der Waals surface area contributed by atoms with E-state index in [-0.39, 0.29) is 22.3 Å². The van der Waals surface area contributed by atoms with Gasteiger partial charge in [0.15, 0.2) is 9.84 Å². The molecule has 0 aromatic heterocycles. The molecule has 2 rings (SSSR count). The van der Waals surface area contributed by atoms with E-state index in [4.69, 9.17) is 4.74 Å². The van der Waals surface area contributed by atoms with Crippen molar-refractivity contribution >= 4 is 21.2 Å². The van der Waals surface area contributed by atoms with E-state index < -0.39 is 14.8 Å². The monoisotopic (exact) mass is 364 g/mol. The third-order valence-corrected chi connectivity index (χ3v) is 4.60. The first-order chi connectivity index (χ1) is 11.7. The summed E-state index contributed by atoms with van der Waals surface area (Å²) in [6.07, 6.45) is 1.01. The van der Waals surface area contributed by atoms with E-state index in [1.54, 1.807) is 0 Å². The van der Waals surface area contributed by atoms with Gasteiger partial charge in [0.05, 0.1) is 15.9 Å². The highest BCUT2D eigenvalue weighted by Gasteiger charge is 2.20. The largest absolute Gasteiger partial charge is 0.491 e. The van der Waals surface area contributed by atoms with E-state index in [1.807, 2.05) is 38.1 Å². The molecule has 2 aromatic rings. The van der Waals surface area contributed by atoms with Gasteiger partial charge in [-0.3, -0.25) is 10.1 Å². The minimum atomic E-state index is -3.51. The van der Waals surface area contributed by atoms with Crippen molar-refractivity contribution in [3.05, 3.63) is 58.1 Å². The predicted molar refractivity (Wildman–Crippen MR) is 96.0 cm³/mol. The summed E-state index contributed by atoms with van der Waals surface area (Å²) in [6.45, 7) is 4.08. The van der Waals surface area contributed by atoms with Gasteiger partial charge >= 0.3 is 0 Å². The fraction of sp³-hybridized carbons (Fsp3) is 0.294. The normalized spacial score (nSPS) is 12.4. The lowest BCUT2D eigenvalue weighted by molar-refractivity contribution is -0.384. The number of hydrogen-bond acceptors (Lipinski definition) is 6. The number of anilines is 1. The van der Waals surface area contributed by atoms with Gasteiger partial charge in [-0.1, -0.05) is 12.1 Å². The highest BCUT2D eigenvalue weighted by molar-refractivity contribution is 7.90. The highest BCUT2D eigenvalue weighted by Crippen LogP contribution is 2.28. The second-order valence-corrected chi connectivity index (χ2v) is 7.90. The summed E-state index contributed by atoms with van der Waals surface area (Å²) in [6, 6.07) is 11.2. The minimum absolute atomic E-state index is 0.0894. The molecule has 25 heavy (non-hydrogen) atoms. The number of benzene rings is 2. The number of aryl methyl sites for hydroxylation is 1. The average molecular weight is 364 g/mol. The summed E-state index contributed by atoms with van der Waals surface area (Å²) in [7, 11) is -3.51. The number of hydrogen-bond donors (Lipinski definition) is 1. The molecule has 1 atom stereocenters. The van der Waals surface area contributed by atoms with Crippen LogP contribution in [0.2, 0.25) is 0 Å². The zero-order chi connectivity index (χ0) is 18.6. The Morgan fingerprint density at radius 2 is 1.96 bits per heavy atom. The molecule has 1 unspecified atom stereocenters. The molecular weight excluding hydrogens is 344 g/mol. The molecule has 134 valence electrons. The molecule has 2 aromatic carbocycles. The first kappa shape index (κ1) is 18.7. The number of nitro groups is 1. The highest BCUT2D eigenvalue weighted by atomic mass is 32.2. The molecule has 0 radical (unpaired) electrons. The van der Waals surface area contributed by atoms with Crippen LogP contribution in [0.25, 0.3) is 0 Å². The summed E-state index contributed by atoms with van der Waals surface area (Å²) in [4.78, 5) is 10.5. The topological polar surface area (TPSA) is 98.5 Å². The maximum absolute atomic E-state index is 11.6. The van der Waals surface area contributed by atoms with E-state index in [0.717, 1.165) is 23.6 Å². The smallest absolute Gasteiger partial charge is 0.293 e. The van der Waals surface area contributed by atoms with Crippen molar-refractivity contribution in [2.24, 2.45) is 0 Å². The van der Waals surface area contributed by atoms with Crippen LogP contribution in [0.3, 0.4) is 0 Å². The van der Waals surface area contributed by atoms with Crippen LogP contribution in [0.5, 0.6) is 5.75 Å². The van der Waals surface area contributed by atoms with Crippen LogP contribution in [0.4, 0.5) is 11.4 Å². The van der Waals surface area contributed by atoms with Crippen LogP contribution in [0, 0.1) is 17.0 Å². The van der Waals surface area contributed by atoms with Crippen LogP contribution in [0.15, 0.2) is 47.4 Å². The Labute approximate surface area is 146 Å². The summed E-state index contributed by atoms with van der Waals surface area (Å²) >= 11 is 0. The van der Waals surface area contributed by atoms with Gasteiger partial charge in [-0.2, -0.15) is 0 Å². The molecular formula is C17H20N2O5S. The van der Waals surface area contributed by atoms with Gasteiger partial charge in [0.25, 0.3) is 5.69 Å². The molecule has 0 fully saturated rings. The molecule has 0 aliphatic carbocycles. The van der Waals surface area contributed by atoms with E-state index in [0.29, 0.717) is 6.61 Å². The number of nitro benzene ring substituents is 1. The van der Waals surface area contributed by atoms with Crippen molar-refractivity contribution in [1.82, 2.24) is 0 Å². The molecule has 8 heteroatoms. The lowest BCUT2D eigenvalue weighted by Gasteiger charge is -2.16. The number of nitrogens with zero attached hydrogens (tertiary/aromatic N) is 1. The second-order valence-electron chi connectivity index (χ2n) is 5.88. The van der Waals surface area contributed by atoms with Crippen molar-refractivity contribution in [3.8, 4) is 5.75 Å². The number of sulfone groups is 1. The van der Waals surface area contributed by atoms with Crippen molar-refractivity contribution < 1.29 is 18.1 Å². The first-order valence-electron chi connectivity index (χ1n) is 7.61. The molecule has 7 nitrogen and oxygen atoms in total. The van der Waals surface area contributed by atoms with Gasteiger partial charge in [0.2, 0.25) is 0 Å². The molecule has 0 aliphatic rings. The Balaban J connectivity index is 2.11. The third-order valence-electron chi connectivity index (χ3n) is 3.49. The van der Waals surface area contributed by atoms with Crippen LogP contribution < -0.4 is 10.1 Å². The molecule has 0 saturated heterocycles. The molecule has 0 bridgehead atoms. The van der Waals surface area contributed by atoms with Gasteiger partial charge in [-0.15, -0.1) is 0 Å². The summed E-state index contributed by atoms with van der Waals surface area (Å²) < 4.78 is 28.8. The van der Waals surface area contributed by atoms with Crippen molar-refractivity contribution in [1.29, 1.82) is 0 Å². The van der Waals surface area contributed by atoms with Crippen molar-refractivity contribution in [3.63, 3.8) is 0 Å². The Kier molecular flexibility index (Phi) is 5.63.